The Bertz CT molecular complexity index is 927. The third kappa shape index (κ3) is 4.72. The van der Waals surface area contributed by atoms with Crippen molar-refractivity contribution in [1.29, 1.82) is 0 Å². The van der Waals surface area contributed by atoms with Crippen LogP contribution in [0.5, 0.6) is 0 Å². The van der Waals surface area contributed by atoms with E-state index in [9.17, 15) is 18.0 Å². The number of anilines is 2. The third-order valence-electron chi connectivity index (χ3n) is 4.32. The first-order valence-electron chi connectivity index (χ1n) is 8.58. The molecule has 0 aliphatic carbocycles. The van der Waals surface area contributed by atoms with Crippen LogP contribution in [0.2, 0.25) is 0 Å². The Hall–Kier alpha value is -2.71. The Balaban J connectivity index is 1.61. The highest BCUT2D eigenvalue weighted by Gasteiger charge is 2.31. The quantitative estimate of drug-likeness (QED) is 0.792. The molecule has 1 aliphatic heterocycles. The van der Waals surface area contributed by atoms with Crippen molar-refractivity contribution in [1.82, 2.24) is 4.72 Å². The lowest BCUT2D eigenvalue weighted by molar-refractivity contribution is -0.117. The standard InChI is InChI=1S/C19H21N3O4S/c1-14(23)21-16-7-9-18(10-8-16)27(25,26)20-12-15-11-19(24)22(13-15)17-5-3-2-4-6-17/h2-10,15,20H,11-13H2,1H3,(H,21,23). The molecule has 8 heteroatoms. The molecule has 1 heterocycles. The summed E-state index contributed by atoms with van der Waals surface area (Å²) in [5.74, 6) is -0.325. The first kappa shape index (κ1) is 19.1. The number of carbonyl (C=O) groups is 2. The van der Waals surface area contributed by atoms with Crippen LogP contribution in [0.25, 0.3) is 0 Å². The van der Waals surface area contributed by atoms with E-state index in [1.807, 2.05) is 30.3 Å². The number of rotatable bonds is 6. The van der Waals surface area contributed by atoms with Crippen molar-refractivity contribution < 1.29 is 18.0 Å². The van der Waals surface area contributed by atoms with E-state index in [1.54, 1.807) is 4.90 Å². The van der Waals surface area contributed by atoms with E-state index < -0.39 is 10.0 Å². The molecule has 0 bridgehead atoms. The molecule has 7 nitrogen and oxygen atoms in total. The van der Waals surface area contributed by atoms with E-state index in [1.165, 1.54) is 31.2 Å². The molecular formula is C19H21N3O4S. The summed E-state index contributed by atoms with van der Waals surface area (Å²) in [5.41, 5.74) is 1.35. The zero-order valence-corrected chi connectivity index (χ0v) is 15.7. The summed E-state index contributed by atoms with van der Waals surface area (Å²) in [5, 5.41) is 2.59. The number of para-hydroxylation sites is 1. The molecule has 142 valence electrons. The van der Waals surface area contributed by atoms with Gasteiger partial charge in [-0.3, -0.25) is 9.59 Å². The second kappa shape index (κ2) is 7.89. The topological polar surface area (TPSA) is 95.6 Å². The minimum absolute atomic E-state index is 0.00921. The van der Waals surface area contributed by atoms with Gasteiger partial charge in [0.25, 0.3) is 0 Å². The zero-order valence-electron chi connectivity index (χ0n) is 14.9. The maximum absolute atomic E-state index is 12.5. The van der Waals surface area contributed by atoms with Gasteiger partial charge in [-0.2, -0.15) is 0 Å². The number of nitrogens with zero attached hydrogens (tertiary/aromatic N) is 1. The van der Waals surface area contributed by atoms with Gasteiger partial charge in [0.05, 0.1) is 4.90 Å². The molecule has 0 aromatic heterocycles. The van der Waals surface area contributed by atoms with Gasteiger partial charge in [0.2, 0.25) is 21.8 Å². The number of carbonyl (C=O) groups excluding carboxylic acids is 2. The molecule has 0 radical (unpaired) electrons. The molecule has 0 spiro atoms. The van der Waals surface area contributed by atoms with Crippen LogP contribution in [0, 0.1) is 5.92 Å². The summed E-state index contributed by atoms with van der Waals surface area (Å²) < 4.78 is 27.5. The molecule has 3 rings (SSSR count). The van der Waals surface area contributed by atoms with E-state index in [4.69, 9.17) is 0 Å². The summed E-state index contributed by atoms with van der Waals surface area (Å²) in [4.78, 5) is 25.0. The molecule has 1 fully saturated rings. The molecule has 27 heavy (non-hydrogen) atoms. The maximum Gasteiger partial charge on any atom is 0.240 e. The Morgan fingerprint density at radius 3 is 2.41 bits per heavy atom. The molecule has 1 unspecified atom stereocenters. The molecule has 2 aromatic rings. The Morgan fingerprint density at radius 1 is 1.11 bits per heavy atom. The monoisotopic (exact) mass is 387 g/mol. The molecule has 1 atom stereocenters. The Kier molecular flexibility index (Phi) is 5.57. The lowest BCUT2D eigenvalue weighted by Crippen LogP contribution is -2.31. The van der Waals surface area contributed by atoms with Crippen LogP contribution in [0.15, 0.2) is 59.5 Å². The highest BCUT2D eigenvalue weighted by Crippen LogP contribution is 2.24. The second-order valence-electron chi connectivity index (χ2n) is 6.47. The van der Waals surface area contributed by atoms with Crippen molar-refractivity contribution in [2.24, 2.45) is 5.92 Å². The van der Waals surface area contributed by atoms with Gasteiger partial charge in [-0.15, -0.1) is 0 Å². The second-order valence-corrected chi connectivity index (χ2v) is 8.23. The van der Waals surface area contributed by atoms with Crippen molar-refractivity contribution in [2.45, 2.75) is 18.2 Å². The number of nitrogens with one attached hydrogen (secondary N) is 2. The van der Waals surface area contributed by atoms with Crippen LogP contribution in [0.4, 0.5) is 11.4 Å². The molecule has 2 N–H and O–H groups in total. The lowest BCUT2D eigenvalue weighted by Gasteiger charge is -2.17. The van der Waals surface area contributed by atoms with Gasteiger partial charge in [-0.05, 0) is 42.3 Å². The van der Waals surface area contributed by atoms with Crippen molar-refractivity contribution in [2.75, 3.05) is 23.3 Å². The molecule has 2 aromatic carbocycles. The van der Waals surface area contributed by atoms with E-state index in [0.717, 1.165) is 5.69 Å². The predicted molar refractivity (Wildman–Crippen MR) is 103 cm³/mol. The zero-order chi connectivity index (χ0) is 19.4. The fourth-order valence-corrected chi connectivity index (χ4v) is 4.12. The van der Waals surface area contributed by atoms with Gasteiger partial charge in [0.15, 0.2) is 0 Å². The highest BCUT2D eigenvalue weighted by atomic mass is 32.2. The Morgan fingerprint density at radius 2 is 1.78 bits per heavy atom. The average Bonchev–Trinajstić information content (AvgIpc) is 3.02. The number of sulfonamides is 1. The van der Waals surface area contributed by atoms with Gasteiger partial charge < -0.3 is 10.2 Å². The fraction of sp³-hybridized carbons (Fsp3) is 0.263. The van der Waals surface area contributed by atoms with Crippen molar-refractivity contribution in [3.8, 4) is 0 Å². The molecule has 2 amide bonds. The average molecular weight is 387 g/mol. The third-order valence-corrected chi connectivity index (χ3v) is 5.76. The van der Waals surface area contributed by atoms with E-state index >= 15 is 0 Å². The summed E-state index contributed by atoms with van der Waals surface area (Å²) in [6.45, 7) is 2.05. The highest BCUT2D eigenvalue weighted by molar-refractivity contribution is 7.89. The van der Waals surface area contributed by atoms with Crippen LogP contribution < -0.4 is 14.9 Å². The normalized spacial score (nSPS) is 17.1. The number of benzene rings is 2. The first-order valence-corrected chi connectivity index (χ1v) is 10.1. The molecule has 0 saturated carbocycles. The van der Waals surface area contributed by atoms with Gasteiger partial charge in [-0.1, -0.05) is 18.2 Å². The minimum atomic E-state index is -3.69. The summed E-state index contributed by atoms with van der Waals surface area (Å²) >= 11 is 0. The van der Waals surface area contributed by atoms with Crippen molar-refractivity contribution >= 4 is 33.2 Å². The van der Waals surface area contributed by atoms with Crippen LogP contribution in [0.3, 0.4) is 0 Å². The van der Waals surface area contributed by atoms with Crippen LogP contribution in [-0.2, 0) is 19.6 Å². The minimum Gasteiger partial charge on any atom is -0.326 e. The van der Waals surface area contributed by atoms with Crippen LogP contribution >= 0.6 is 0 Å². The maximum atomic E-state index is 12.5. The smallest absolute Gasteiger partial charge is 0.240 e. The first-order chi connectivity index (χ1) is 12.8. The largest absolute Gasteiger partial charge is 0.326 e. The number of amides is 2. The molecule has 1 aliphatic rings. The SMILES string of the molecule is CC(=O)Nc1ccc(S(=O)(=O)NCC2CC(=O)N(c3ccccc3)C2)cc1. The number of hydrogen-bond donors (Lipinski definition) is 2. The summed E-state index contributed by atoms with van der Waals surface area (Å²) in [6, 6.07) is 15.3. The predicted octanol–water partition coefficient (Wildman–Crippen LogP) is 1.98. The van der Waals surface area contributed by atoms with Gasteiger partial charge >= 0.3 is 0 Å². The van der Waals surface area contributed by atoms with Gasteiger partial charge in [0.1, 0.15) is 0 Å². The number of hydrogen-bond acceptors (Lipinski definition) is 4. The van der Waals surface area contributed by atoms with Crippen molar-refractivity contribution in [3.05, 3.63) is 54.6 Å². The Labute approximate surface area is 158 Å². The van der Waals surface area contributed by atoms with Crippen LogP contribution in [-0.4, -0.2) is 33.3 Å². The van der Waals surface area contributed by atoms with E-state index in [-0.39, 0.29) is 29.2 Å². The molecular weight excluding hydrogens is 366 g/mol. The van der Waals surface area contributed by atoms with Gasteiger partial charge in [-0.25, -0.2) is 13.1 Å². The summed E-state index contributed by atoms with van der Waals surface area (Å²) in [7, 11) is -3.69. The van der Waals surface area contributed by atoms with E-state index in [0.29, 0.717) is 18.7 Å². The summed E-state index contributed by atoms with van der Waals surface area (Å²) in [6.07, 6.45) is 0.304. The van der Waals surface area contributed by atoms with E-state index in [2.05, 4.69) is 10.0 Å². The van der Waals surface area contributed by atoms with Crippen LogP contribution in [0.1, 0.15) is 13.3 Å². The lowest BCUT2D eigenvalue weighted by atomic mass is 10.1. The molecule has 1 saturated heterocycles. The van der Waals surface area contributed by atoms with Crippen molar-refractivity contribution in [3.63, 3.8) is 0 Å². The fourth-order valence-electron chi connectivity index (χ4n) is 3.01. The van der Waals surface area contributed by atoms with Gasteiger partial charge in [0, 0.05) is 37.8 Å².